The molecule has 1 N–H and O–H groups in total. The Morgan fingerprint density at radius 3 is 1.90 bits per heavy atom. The van der Waals surface area contributed by atoms with E-state index in [2.05, 4.69) is 28.1 Å². The maximum atomic E-state index is 11.6. The summed E-state index contributed by atoms with van der Waals surface area (Å²) >= 11 is 3.44. The van der Waals surface area contributed by atoms with Crippen molar-refractivity contribution in [2.24, 2.45) is 11.8 Å². The van der Waals surface area contributed by atoms with Gasteiger partial charge in [0.05, 0.1) is 0 Å². The van der Waals surface area contributed by atoms with Crippen molar-refractivity contribution in [2.45, 2.75) is 69.8 Å². The van der Waals surface area contributed by atoms with E-state index in [1.165, 1.54) is 38.5 Å². The van der Waals surface area contributed by atoms with Crippen molar-refractivity contribution in [3.05, 3.63) is 12.2 Å². The summed E-state index contributed by atoms with van der Waals surface area (Å²) in [6.07, 6.45) is 16.1. The molecule has 1 atom stereocenters. The van der Waals surface area contributed by atoms with Crippen molar-refractivity contribution in [3.8, 4) is 0 Å². The number of rotatable bonds is 6. The highest BCUT2D eigenvalue weighted by Gasteiger charge is 2.46. The fourth-order valence-corrected chi connectivity index (χ4v) is 5.18. The van der Waals surface area contributed by atoms with Crippen LogP contribution in [0.4, 0.5) is 0 Å². The van der Waals surface area contributed by atoms with Gasteiger partial charge in [0.25, 0.3) is 0 Å². The Labute approximate surface area is 137 Å². The molecule has 0 bridgehead atoms. The van der Waals surface area contributed by atoms with Gasteiger partial charge >= 0.3 is 8.25 Å². The molecule has 21 heavy (non-hydrogen) atoms. The monoisotopic (exact) mass is 378 g/mol. The molecular weight excluding hydrogens is 351 g/mol. The second-order valence-corrected chi connectivity index (χ2v) is 7.83. The zero-order valence-corrected chi connectivity index (χ0v) is 15.3. The molecule has 0 amide bonds. The van der Waals surface area contributed by atoms with Gasteiger partial charge < -0.3 is 4.89 Å². The van der Waals surface area contributed by atoms with E-state index in [4.69, 9.17) is 4.52 Å². The van der Waals surface area contributed by atoms with Gasteiger partial charge in [-0.3, -0.25) is 9.09 Å². The maximum absolute atomic E-state index is 11.6. The van der Waals surface area contributed by atoms with Crippen LogP contribution in [0.5, 0.6) is 0 Å². The van der Waals surface area contributed by atoms with Gasteiger partial charge in [0, 0.05) is 5.33 Å². The van der Waals surface area contributed by atoms with Crippen molar-refractivity contribution in [1.29, 1.82) is 0 Å². The number of hydrogen-bond donors (Lipinski definition) is 1. The molecule has 5 heteroatoms. The molecule has 2 fully saturated rings. The molecule has 0 aromatic rings. The Morgan fingerprint density at radius 1 is 1.05 bits per heavy atom. The zero-order chi connectivity index (χ0) is 15.1. The van der Waals surface area contributed by atoms with E-state index in [1.807, 2.05) is 0 Å². The maximum Gasteiger partial charge on any atom is 0.317 e. The van der Waals surface area contributed by atoms with Crippen LogP contribution in [-0.4, -0.2) is 15.8 Å². The number of allylic oxidation sites excluding steroid dienone is 1. The molecule has 2 rings (SSSR count). The quantitative estimate of drug-likeness (QED) is 0.390. The summed E-state index contributed by atoms with van der Waals surface area (Å²) in [6, 6.07) is 0. The molecule has 0 spiro atoms. The lowest BCUT2D eigenvalue weighted by Crippen LogP contribution is -2.46. The van der Waals surface area contributed by atoms with E-state index >= 15 is 0 Å². The van der Waals surface area contributed by atoms with Gasteiger partial charge in [-0.25, -0.2) is 0 Å². The molecule has 2 saturated carbocycles. The molecule has 0 radical (unpaired) electrons. The van der Waals surface area contributed by atoms with Crippen LogP contribution in [0.3, 0.4) is 0 Å². The minimum absolute atomic E-state index is 0.394. The minimum atomic E-state index is -2.93. The summed E-state index contributed by atoms with van der Waals surface area (Å²) in [6.45, 7) is 0. The fourth-order valence-electron chi connectivity index (χ4n) is 4.29. The first-order chi connectivity index (χ1) is 10.2. The normalized spacial score (nSPS) is 24.5. The van der Waals surface area contributed by atoms with Crippen molar-refractivity contribution >= 4 is 24.2 Å². The van der Waals surface area contributed by atoms with E-state index in [0.29, 0.717) is 11.8 Å². The van der Waals surface area contributed by atoms with Crippen LogP contribution in [0.1, 0.15) is 64.2 Å². The first-order valence-corrected chi connectivity index (χ1v) is 10.7. The molecule has 0 heterocycles. The smallest absolute Gasteiger partial charge is 0.317 e. The van der Waals surface area contributed by atoms with Gasteiger partial charge in [-0.1, -0.05) is 66.6 Å². The van der Waals surface area contributed by atoms with E-state index in [9.17, 15) is 9.46 Å². The molecule has 122 valence electrons. The summed E-state index contributed by atoms with van der Waals surface area (Å²) in [5.41, 5.74) is -0.514. The largest absolute Gasteiger partial charge is 0.326 e. The second kappa shape index (κ2) is 8.86. The van der Waals surface area contributed by atoms with Crippen LogP contribution in [0.15, 0.2) is 12.2 Å². The lowest BCUT2D eigenvalue weighted by Gasteiger charge is -2.46. The third kappa shape index (κ3) is 4.67. The summed E-state index contributed by atoms with van der Waals surface area (Å²) in [5, 5.41) is 0.768. The highest BCUT2D eigenvalue weighted by atomic mass is 79.9. The van der Waals surface area contributed by atoms with Crippen molar-refractivity contribution in [3.63, 3.8) is 0 Å². The van der Waals surface area contributed by atoms with Crippen molar-refractivity contribution in [1.82, 2.24) is 0 Å². The Kier molecular flexibility index (Phi) is 7.48. The number of alkyl halides is 1. The average Bonchev–Trinajstić information content (AvgIpc) is 2.53. The van der Waals surface area contributed by atoms with E-state index < -0.39 is 13.9 Å². The van der Waals surface area contributed by atoms with Crippen molar-refractivity contribution in [2.75, 3.05) is 5.33 Å². The van der Waals surface area contributed by atoms with Crippen LogP contribution in [0.25, 0.3) is 0 Å². The minimum Gasteiger partial charge on any atom is -0.326 e. The van der Waals surface area contributed by atoms with Crippen LogP contribution < -0.4 is 0 Å². The molecular formula is C16H28BrO3P. The van der Waals surface area contributed by atoms with Crippen LogP contribution >= 0.6 is 24.2 Å². The lowest BCUT2D eigenvalue weighted by atomic mass is 9.66. The Balaban J connectivity index is 2.30. The van der Waals surface area contributed by atoms with Gasteiger partial charge in [0.1, 0.15) is 5.60 Å². The molecule has 2 aliphatic rings. The molecule has 2 aliphatic carbocycles. The van der Waals surface area contributed by atoms with Gasteiger partial charge in [-0.05, 0) is 37.5 Å². The molecule has 0 aliphatic heterocycles. The Bertz CT molecular complexity index is 343. The molecule has 0 aromatic heterocycles. The lowest BCUT2D eigenvalue weighted by molar-refractivity contribution is -0.0310. The van der Waals surface area contributed by atoms with Crippen molar-refractivity contribution < 1.29 is 14.0 Å². The predicted molar refractivity (Wildman–Crippen MR) is 91.1 cm³/mol. The van der Waals surface area contributed by atoms with E-state index in [1.54, 1.807) is 0 Å². The SMILES string of the molecule is O=[PH](O)OC(C=CCBr)(C1CCCCC1)C1CCCCC1. The summed E-state index contributed by atoms with van der Waals surface area (Å²) in [4.78, 5) is 9.53. The highest BCUT2D eigenvalue weighted by molar-refractivity contribution is 9.09. The van der Waals surface area contributed by atoms with Gasteiger partial charge in [0.2, 0.25) is 0 Å². The van der Waals surface area contributed by atoms with E-state index in [-0.39, 0.29) is 0 Å². The van der Waals surface area contributed by atoms with Gasteiger partial charge in [0.15, 0.2) is 0 Å². The average molecular weight is 379 g/mol. The standard InChI is InChI=1S/C16H28BrO3P/c17-13-7-12-16(20-21(18)19,14-8-3-1-4-9-14)15-10-5-2-6-11-15/h7,12,14-15,21H,1-6,8-11,13H2,(H,18,19). The molecule has 3 nitrogen and oxygen atoms in total. The molecule has 0 aromatic carbocycles. The summed E-state index contributed by atoms with van der Waals surface area (Å²) in [7, 11) is -2.93. The summed E-state index contributed by atoms with van der Waals surface area (Å²) in [5.74, 6) is 0.788. The Hall–Kier alpha value is 0.370. The third-order valence-electron chi connectivity index (χ3n) is 5.22. The first kappa shape index (κ1) is 17.7. The molecule has 1 unspecified atom stereocenters. The highest BCUT2D eigenvalue weighted by Crippen LogP contribution is 2.49. The predicted octanol–water partition coefficient (Wildman–Crippen LogP) is 5.24. The molecule has 0 saturated heterocycles. The van der Waals surface area contributed by atoms with Gasteiger partial charge in [-0.15, -0.1) is 0 Å². The third-order valence-corrected chi connectivity index (χ3v) is 6.12. The summed E-state index contributed by atoms with van der Waals surface area (Å²) < 4.78 is 17.4. The van der Waals surface area contributed by atoms with Gasteiger partial charge in [-0.2, -0.15) is 0 Å². The fraction of sp³-hybridized carbons (Fsp3) is 0.875. The number of hydrogen-bond acceptors (Lipinski definition) is 2. The zero-order valence-electron chi connectivity index (χ0n) is 12.7. The van der Waals surface area contributed by atoms with Crippen LogP contribution in [0, 0.1) is 11.8 Å². The van der Waals surface area contributed by atoms with Crippen LogP contribution in [0.2, 0.25) is 0 Å². The van der Waals surface area contributed by atoms with E-state index in [0.717, 1.165) is 31.0 Å². The Morgan fingerprint density at radius 2 is 1.52 bits per heavy atom. The van der Waals surface area contributed by atoms with Crippen LogP contribution in [-0.2, 0) is 9.09 Å². The number of halogens is 1. The first-order valence-electron chi connectivity index (χ1n) is 8.34. The topological polar surface area (TPSA) is 46.5 Å². The second-order valence-electron chi connectivity index (χ2n) is 6.45.